The Morgan fingerprint density at radius 1 is 1.38 bits per heavy atom. The smallest absolute Gasteiger partial charge is 0.123 e. The molecule has 1 fully saturated rings. The Morgan fingerprint density at radius 2 is 2.31 bits per heavy atom. The lowest BCUT2D eigenvalue weighted by Gasteiger charge is -2.21. The molecule has 1 aliphatic heterocycles. The monoisotopic (exact) mass is 239 g/mol. The topological polar surface area (TPSA) is 12.0 Å². The van der Waals surface area contributed by atoms with Crippen LogP contribution in [0.25, 0.3) is 0 Å². The quantitative estimate of drug-likeness (QED) is 0.866. The van der Waals surface area contributed by atoms with Gasteiger partial charge in [0, 0.05) is 18.3 Å². The fourth-order valence-corrected chi connectivity index (χ4v) is 3.27. The molecule has 1 aromatic carbocycles. The number of hydrogen-bond acceptors (Lipinski definition) is 2. The predicted octanol–water partition coefficient (Wildman–Crippen LogP) is 3.20. The number of halogens is 1. The van der Waals surface area contributed by atoms with Crippen molar-refractivity contribution in [2.75, 3.05) is 12.3 Å². The second-order valence-corrected chi connectivity index (χ2v) is 5.66. The molecule has 3 heteroatoms. The highest BCUT2D eigenvalue weighted by atomic mass is 32.2. The molecule has 1 saturated heterocycles. The molecule has 1 aliphatic rings. The van der Waals surface area contributed by atoms with E-state index in [2.05, 4.69) is 17.1 Å². The molecule has 0 saturated carbocycles. The lowest BCUT2D eigenvalue weighted by atomic mass is 10.2. The Morgan fingerprint density at radius 3 is 3.06 bits per heavy atom. The van der Waals surface area contributed by atoms with Gasteiger partial charge < -0.3 is 5.32 Å². The van der Waals surface area contributed by atoms with Crippen molar-refractivity contribution in [3.63, 3.8) is 0 Å². The molecule has 1 N–H and O–H groups in total. The van der Waals surface area contributed by atoms with Crippen LogP contribution in [0.1, 0.15) is 24.8 Å². The zero-order valence-corrected chi connectivity index (χ0v) is 10.2. The van der Waals surface area contributed by atoms with Crippen LogP contribution in [0.5, 0.6) is 0 Å². The minimum Gasteiger partial charge on any atom is -0.312 e. The minimum absolute atomic E-state index is 0.147. The molecule has 16 heavy (non-hydrogen) atoms. The number of thioether (sulfide) groups is 1. The van der Waals surface area contributed by atoms with E-state index in [-0.39, 0.29) is 5.82 Å². The van der Waals surface area contributed by atoms with Gasteiger partial charge in [-0.25, -0.2) is 4.39 Å². The Labute approximate surface area is 101 Å². The first-order chi connectivity index (χ1) is 7.84. The standard InChI is InChI=1S/C13H18FNS/c14-12-5-3-4-11(8-12)9-15-10-13-6-1-2-7-16-13/h3-5,8,13,15H,1-2,6-7,9-10H2. The molecule has 1 heterocycles. The maximum Gasteiger partial charge on any atom is 0.123 e. The minimum atomic E-state index is -0.147. The van der Waals surface area contributed by atoms with Crippen LogP contribution in [0.2, 0.25) is 0 Å². The van der Waals surface area contributed by atoms with Crippen molar-refractivity contribution in [3.05, 3.63) is 35.6 Å². The molecule has 0 amide bonds. The average Bonchev–Trinajstić information content (AvgIpc) is 2.30. The van der Waals surface area contributed by atoms with Crippen molar-refractivity contribution in [2.24, 2.45) is 0 Å². The van der Waals surface area contributed by atoms with Crippen LogP contribution in [0.15, 0.2) is 24.3 Å². The summed E-state index contributed by atoms with van der Waals surface area (Å²) in [5, 5.41) is 4.16. The fourth-order valence-electron chi connectivity index (χ4n) is 1.99. The third kappa shape index (κ3) is 3.80. The number of hydrogen-bond donors (Lipinski definition) is 1. The third-order valence-corrected chi connectivity index (χ3v) is 4.26. The molecule has 0 bridgehead atoms. The molecule has 0 radical (unpaired) electrons. The number of nitrogens with one attached hydrogen (secondary N) is 1. The van der Waals surface area contributed by atoms with E-state index in [1.807, 2.05) is 6.07 Å². The van der Waals surface area contributed by atoms with Crippen LogP contribution in [-0.2, 0) is 6.54 Å². The van der Waals surface area contributed by atoms with Crippen LogP contribution < -0.4 is 5.32 Å². The van der Waals surface area contributed by atoms with Gasteiger partial charge in [0.25, 0.3) is 0 Å². The maximum atomic E-state index is 12.9. The van der Waals surface area contributed by atoms with Gasteiger partial charge in [-0.05, 0) is 36.3 Å². The predicted molar refractivity (Wildman–Crippen MR) is 68.2 cm³/mol. The molecule has 1 unspecified atom stereocenters. The third-order valence-electron chi connectivity index (χ3n) is 2.86. The van der Waals surface area contributed by atoms with Gasteiger partial charge >= 0.3 is 0 Å². The van der Waals surface area contributed by atoms with Crippen molar-refractivity contribution in [3.8, 4) is 0 Å². The van der Waals surface area contributed by atoms with Crippen molar-refractivity contribution in [1.82, 2.24) is 5.32 Å². The second kappa shape index (κ2) is 6.26. The van der Waals surface area contributed by atoms with E-state index < -0.39 is 0 Å². The van der Waals surface area contributed by atoms with Crippen LogP contribution in [0.4, 0.5) is 4.39 Å². The van der Waals surface area contributed by atoms with Crippen molar-refractivity contribution in [1.29, 1.82) is 0 Å². The highest BCUT2D eigenvalue weighted by Gasteiger charge is 2.12. The van der Waals surface area contributed by atoms with Gasteiger partial charge in [0.1, 0.15) is 5.82 Å². The molecular weight excluding hydrogens is 221 g/mol. The summed E-state index contributed by atoms with van der Waals surface area (Å²) < 4.78 is 12.9. The van der Waals surface area contributed by atoms with Gasteiger partial charge in [0.15, 0.2) is 0 Å². The summed E-state index contributed by atoms with van der Waals surface area (Å²) in [6.07, 6.45) is 4.05. The van der Waals surface area contributed by atoms with Gasteiger partial charge in [-0.15, -0.1) is 0 Å². The van der Waals surface area contributed by atoms with Crippen LogP contribution in [-0.4, -0.2) is 17.5 Å². The summed E-state index contributed by atoms with van der Waals surface area (Å²) in [5.41, 5.74) is 1.03. The summed E-state index contributed by atoms with van der Waals surface area (Å²) in [5.74, 6) is 1.15. The molecule has 0 aromatic heterocycles. The average molecular weight is 239 g/mol. The Balaban J connectivity index is 1.71. The first-order valence-corrected chi connectivity index (χ1v) is 6.96. The zero-order chi connectivity index (χ0) is 11.2. The molecule has 1 atom stereocenters. The fraction of sp³-hybridized carbons (Fsp3) is 0.538. The lowest BCUT2D eigenvalue weighted by molar-refractivity contribution is 0.592. The highest BCUT2D eigenvalue weighted by Crippen LogP contribution is 2.24. The molecular formula is C13H18FNS. The van der Waals surface area contributed by atoms with Crippen LogP contribution in [0.3, 0.4) is 0 Å². The first kappa shape index (κ1) is 11.9. The van der Waals surface area contributed by atoms with Crippen molar-refractivity contribution >= 4 is 11.8 Å². The zero-order valence-electron chi connectivity index (χ0n) is 9.42. The van der Waals surface area contributed by atoms with E-state index in [4.69, 9.17) is 0 Å². The highest BCUT2D eigenvalue weighted by molar-refractivity contribution is 7.99. The molecule has 1 nitrogen and oxygen atoms in total. The molecule has 1 aromatic rings. The molecule has 88 valence electrons. The van der Waals surface area contributed by atoms with Gasteiger partial charge in [0.2, 0.25) is 0 Å². The Hall–Kier alpha value is -0.540. The first-order valence-electron chi connectivity index (χ1n) is 5.91. The van der Waals surface area contributed by atoms with E-state index in [1.165, 1.54) is 31.1 Å². The SMILES string of the molecule is Fc1cccc(CNCC2CCCCS2)c1. The maximum absolute atomic E-state index is 12.9. The summed E-state index contributed by atoms with van der Waals surface area (Å²) in [6.45, 7) is 1.82. The van der Waals surface area contributed by atoms with Crippen LogP contribution in [0, 0.1) is 5.82 Å². The van der Waals surface area contributed by atoms with Gasteiger partial charge in [-0.3, -0.25) is 0 Å². The second-order valence-electron chi connectivity index (χ2n) is 4.25. The normalized spacial score (nSPS) is 20.9. The van der Waals surface area contributed by atoms with Crippen molar-refractivity contribution in [2.45, 2.75) is 31.1 Å². The summed E-state index contributed by atoms with van der Waals surface area (Å²) in [6, 6.07) is 6.81. The largest absolute Gasteiger partial charge is 0.312 e. The molecule has 2 rings (SSSR count). The number of rotatable bonds is 4. The van der Waals surface area contributed by atoms with E-state index >= 15 is 0 Å². The lowest BCUT2D eigenvalue weighted by Crippen LogP contribution is -2.26. The Kier molecular flexibility index (Phi) is 4.67. The van der Waals surface area contributed by atoms with E-state index in [0.717, 1.165) is 23.9 Å². The summed E-state index contributed by atoms with van der Waals surface area (Å²) >= 11 is 2.06. The Bertz CT molecular complexity index is 323. The summed E-state index contributed by atoms with van der Waals surface area (Å²) in [7, 11) is 0. The van der Waals surface area contributed by atoms with E-state index in [0.29, 0.717) is 0 Å². The molecule has 0 aliphatic carbocycles. The van der Waals surface area contributed by atoms with Gasteiger partial charge in [-0.1, -0.05) is 18.6 Å². The van der Waals surface area contributed by atoms with E-state index in [1.54, 1.807) is 12.1 Å². The molecule has 0 spiro atoms. The van der Waals surface area contributed by atoms with Crippen molar-refractivity contribution < 1.29 is 4.39 Å². The van der Waals surface area contributed by atoms with Gasteiger partial charge in [-0.2, -0.15) is 11.8 Å². The summed E-state index contributed by atoms with van der Waals surface area (Å²) in [4.78, 5) is 0. The van der Waals surface area contributed by atoms with Crippen LogP contribution >= 0.6 is 11.8 Å². The van der Waals surface area contributed by atoms with E-state index in [9.17, 15) is 4.39 Å². The number of benzene rings is 1. The van der Waals surface area contributed by atoms with Gasteiger partial charge in [0.05, 0.1) is 0 Å².